The summed E-state index contributed by atoms with van der Waals surface area (Å²) in [7, 11) is 0. The van der Waals surface area contributed by atoms with Gasteiger partial charge in [-0.2, -0.15) is 0 Å². The van der Waals surface area contributed by atoms with Crippen molar-refractivity contribution in [1.82, 2.24) is 19.7 Å². The Kier molecular flexibility index (Phi) is 5.33. The average molecular weight is 422 g/mol. The average Bonchev–Trinajstić information content (AvgIpc) is 3.22. The van der Waals surface area contributed by atoms with Crippen LogP contribution in [0, 0.1) is 5.82 Å². The monoisotopic (exact) mass is 421 g/mol. The maximum atomic E-state index is 14.0. The fourth-order valence-corrected chi connectivity index (χ4v) is 4.52. The summed E-state index contributed by atoms with van der Waals surface area (Å²) in [5, 5.41) is 10.7. The second-order valence-electron chi connectivity index (χ2n) is 6.98. The van der Waals surface area contributed by atoms with Crippen LogP contribution in [0.25, 0.3) is 16.6 Å². The van der Waals surface area contributed by atoms with Crippen LogP contribution in [0.3, 0.4) is 0 Å². The molecule has 1 fully saturated rings. The third kappa shape index (κ3) is 3.76. The van der Waals surface area contributed by atoms with Gasteiger partial charge < -0.3 is 9.64 Å². The van der Waals surface area contributed by atoms with Gasteiger partial charge in [0.05, 0.1) is 24.4 Å². The minimum absolute atomic E-state index is 0.289. The molecule has 1 saturated heterocycles. The van der Waals surface area contributed by atoms with Crippen molar-refractivity contribution < 1.29 is 9.13 Å². The molecule has 5 rings (SSSR count). The zero-order valence-corrected chi connectivity index (χ0v) is 17.1. The van der Waals surface area contributed by atoms with E-state index in [4.69, 9.17) is 4.74 Å². The summed E-state index contributed by atoms with van der Waals surface area (Å²) in [5.41, 5.74) is 2.82. The van der Waals surface area contributed by atoms with Crippen LogP contribution in [-0.4, -0.2) is 46.1 Å². The topological polar surface area (TPSA) is 56.1 Å². The largest absolute Gasteiger partial charge is 0.378 e. The van der Waals surface area contributed by atoms with Gasteiger partial charge in [0.2, 0.25) is 5.95 Å². The lowest BCUT2D eigenvalue weighted by molar-refractivity contribution is 0.122. The normalized spacial score (nSPS) is 14.4. The molecule has 1 aliphatic heterocycles. The fraction of sp³-hybridized carbons (Fsp3) is 0.227. The molecule has 0 radical (unpaired) electrons. The van der Waals surface area contributed by atoms with Crippen molar-refractivity contribution in [3.05, 3.63) is 72.2 Å². The van der Waals surface area contributed by atoms with Gasteiger partial charge in [0.1, 0.15) is 5.82 Å². The molecular formula is C22H20FN5OS. The van der Waals surface area contributed by atoms with E-state index in [1.54, 1.807) is 17.8 Å². The van der Waals surface area contributed by atoms with Crippen LogP contribution in [-0.2, 0) is 10.5 Å². The first kappa shape index (κ1) is 19.0. The van der Waals surface area contributed by atoms with Crippen molar-refractivity contribution >= 4 is 28.6 Å². The van der Waals surface area contributed by atoms with Crippen molar-refractivity contribution in [3.8, 4) is 5.69 Å². The highest BCUT2D eigenvalue weighted by atomic mass is 32.2. The number of fused-ring (bicyclic) bond motifs is 1. The number of rotatable bonds is 5. The summed E-state index contributed by atoms with van der Waals surface area (Å²) in [6.45, 7) is 2.73. The number of hydrogen-bond acceptors (Lipinski definition) is 6. The number of aromatic nitrogens is 4. The summed E-state index contributed by atoms with van der Waals surface area (Å²) in [4.78, 5) is 6.67. The van der Waals surface area contributed by atoms with Crippen LogP contribution < -0.4 is 4.90 Å². The summed E-state index contributed by atoms with van der Waals surface area (Å²) < 4.78 is 21.4. The van der Waals surface area contributed by atoms with Crippen molar-refractivity contribution in [3.63, 3.8) is 0 Å². The molecule has 0 aliphatic carbocycles. The molecule has 2 aromatic heterocycles. The van der Waals surface area contributed by atoms with Crippen LogP contribution in [0.5, 0.6) is 0 Å². The molecule has 2 aromatic carbocycles. The van der Waals surface area contributed by atoms with E-state index in [9.17, 15) is 4.39 Å². The Morgan fingerprint density at radius 3 is 2.70 bits per heavy atom. The van der Waals surface area contributed by atoms with E-state index in [-0.39, 0.29) is 5.82 Å². The summed E-state index contributed by atoms with van der Waals surface area (Å²) >= 11 is 1.57. The molecular weight excluding hydrogens is 401 g/mol. The van der Waals surface area contributed by atoms with Gasteiger partial charge in [-0.05, 0) is 29.8 Å². The van der Waals surface area contributed by atoms with Gasteiger partial charge >= 0.3 is 0 Å². The van der Waals surface area contributed by atoms with Crippen molar-refractivity contribution in [2.24, 2.45) is 0 Å². The summed E-state index contributed by atoms with van der Waals surface area (Å²) in [5.74, 6) is 1.11. The van der Waals surface area contributed by atoms with Gasteiger partial charge in [0.25, 0.3) is 0 Å². The Labute approximate surface area is 177 Å². The Hall–Kier alpha value is -2.97. The van der Waals surface area contributed by atoms with Crippen LogP contribution in [0.15, 0.2) is 66.0 Å². The molecule has 30 heavy (non-hydrogen) atoms. The van der Waals surface area contributed by atoms with Gasteiger partial charge in [-0.1, -0.05) is 42.1 Å². The molecule has 3 heterocycles. The molecule has 0 amide bonds. The van der Waals surface area contributed by atoms with Crippen LogP contribution in [0.2, 0.25) is 0 Å². The van der Waals surface area contributed by atoms with Crippen molar-refractivity contribution in [2.45, 2.75) is 10.9 Å². The Morgan fingerprint density at radius 2 is 1.83 bits per heavy atom. The Balaban J connectivity index is 1.50. The lowest BCUT2D eigenvalue weighted by atomic mass is 10.1. The number of benzene rings is 2. The van der Waals surface area contributed by atoms with E-state index >= 15 is 0 Å². The molecule has 0 saturated carbocycles. The number of nitrogens with zero attached hydrogens (tertiary/aromatic N) is 5. The maximum Gasteiger partial charge on any atom is 0.232 e. The van der Waals surface area contributed by atoms with Crippen LogP contribution >= 0.6 is 11.8 Å². The first-order chi connectivity index (χ1) is 14.8. The Bertz CT molecular complexity index is 1170. The quantitative estimate of drug-likeness (QED) is 0.453. The highest BCUT2D eigenvalue weighted by Gasteiger charge is 2.22. The van der Waals surface area contributed by atoms with E-state index in [0.717, 1.165) is 34.7 Å². The summed E-state index contributed by atoms with van der Waals surface area (Å²) in [6.07, 6.45) is 1.81. The van der Waals surface area contributed by atoms with E-state index in [2.05, 4.69) is 38.3 Å². The van der Waals surface area contributed by atoms with Crippen LogP contribution in [0.4, 0.5) is 10.3 Å². The number of morpholine rings is 1. The molecule has 6 nitrogen and oxygen atoms in total. The zero-order valence-electron chi connectivity index (χ0n) is 16.2. The SMILES string of the molecule is Fc1cccc(-n2c(SCc3cccc4cccnc34)nnc2N2CCOCC2)c1. The third-order valence-corrected chi connectivity index (χ3v) is 6.03. The molecule has 1 aliphatic rings. The van der Waals surface area contributed by atoms with Crippen molar-refractivity contribution in [1.29, 1.82) is 0 Å². The Morgan fingerprint density at radius 1 is 1.00 bits per heavy atom. The van der Waals surface area contributed by atoms with E-state index in [1.165, 1.54) is 12.1 Å². The van der Waals surface area contributed by atoms with E-state index in [1.807, 2.05) is 29.0 Å². The lowest BCUT2D eigenvalue weighted by Crippen LogP contribution is -2.37. The molecule has 152 valence electrons. The number of halogens is 1. The van der Waals surface area contributed by atoms with Crippen molar-refractivity contribution in [2.75, 3.05) is 31.2 Å². The van der Waals surface area contributed by atoms with Gasteiger partial charge in [0, 0.05) is 30.4 Å². The van der Waals surface area contributed by atoms with Gasteiger partial charge in [0.15, 0.2) is 5.16 Å². The van der Waals surface area contributed by atoms with Crippen LogP contribution in [0.1, 0.15) is 5.56 Å². The number of ether oxygens (including phenoxy) is 1. The second kappa shape index (κ2) is 8.41. The highest BCUT2D eigenvalue weighted by Crippen LogP contribution is 2.31. The summed E-state index contributed by atoms with van der Waals surface area (Å²) in [6, 6.07) is 16.7. The standard InChI is InChI=1S/C22H20FN5OS/c23-18-7-2-8-19(14-18)28-21(27-10-12-29-13-11-27)25-26-22(28)30-15-17-5-1-4-16-6-3-9-24-20(16)17/h1-9,14H,10-13,15H2. The molecule has 0 unspecified atom stereocenters. The molecule has 0 atom stereocenters. The number of hydrogen-bond donors (Lipinski definition) is 0. The molecule has 0 N–H and O–H groups in total. The minimum Gasteiger partial charge on any atom is -0.378 e. The predicted octanol–water partition coefficient (Wildman–Crippen LogP) is 4.08. The minimum atomic E-state index is -0.289. The number of anilines is 1. The number of thioether (sulfide) groups is 1. The maximum absolute atomic E-state index is 14.0. The van der Waals surface area contributed by atoms with Gasteiger partial charge in [-0.25, -0.2) is 4.39 Å². The molecule has 4 aromatic rings. The van der Waals surface area contributed by atoms with E-state index < -0.39 is 0 Å². The number of para-hydroxylation sites is 1. The third-order valence-electron chi connectivity index (χ3n) is 5.05. The molecule has 8 heteroatoms. The first-order valence-electron chi connectivity index (χ1n) is 9.79. The molecule has 0 spiro atoms. The van der Waals surface area contributed by atoms with Gasteiger partial charge in [-0.15, -0.1) is 10.2 Å². The molecule has 0 bridgehead atoms. The van der Waals surface area contributed by atoms with Gasteiger partial charge in [-0.3, -0.25) is 9.55 Å². The number of pyridine rings is 1. The van der Waals surface area contributed by atoms with E-state index in [0.29, 0.717) is 30.6 Å². The lowest BCUT2D eigenvalue weighted by Gasteiger charge is -2.27. The zero-order chi connectivity index (χ0) is 20.3. The smallest absolute Gasteiger partial charge is 0.232 e. The fourth-order valence-electron chi connectivity index (χ4n) is 3.59. The predicted molar refractivity (Wildman–Crippen MR) is 116 cm³/mol. The second-order valence-corrected chi connectivity index (χ2v) is 7.92. The first-order valence-corrected chi connectivity index (χ1v) is 10.8. The highest BCUT2D eigenvalue weighted by molar-refractivity contribution is 7.98.